The first kappa shape index (κ1) is 18.6. The summed E-state index contributed by atoms with van der Waals surface area (Å²) >= 11 is 0. The van der Waals surface area contributed by atoms with Crippen molar-refractivity contribution in [1.29, 1.82) is 0 Å². The molecule has 3 saturated heterocycles. The van der Waals surface area contributed by atoms with Crippen LogP contribution in [0.15, 0.2) is 24.3 Å². The van der Waals surface area contributed by atoms with E-state index in [0.29, 0.717) is 6.54 Å². The third kappa shape index (κ3) is 4.55. The summed E-state index contributed by atoms with van der Waals surface area (Å²) in [6.45, 7) is 7.51. The molecule has 3 aliphatic heterocycles. The molecule has 6 nitrogen and oxygen atoms in total. The zero-order chi connectivity index (χ0) is 18.7. The van der Waals surface area contributed by atoms with Gasteiger partial charge in [-0.25, -0.2) is 4.79 Å². The van der Waals surface area contributed by atoms with Crippen molar-refractivity contribution >= 4 is 6.09 Å². The molecule has 0 radical (unpaired) electrons. The molecule has 0 saturated carbocycles. The predicted octanol–water partition coefficient (Wildman–Crippen LogP) is 2.58. The Morgan fingerprint density at radius 2 is 1.96 bits per heavy atom. The first-order chi connectivity index (χ1) is 13.1. The van der Waals surface area contributed by atoms with E-state index in [9.17, 15) is 4.79 Å². The fraction of sp³-hybridized carbons (Fsp3) is 0.667. The van der Waals surface area contributed by atoms with Gasteiger partial charge in [-0.1, -0.05) is 18.6 Å². The number of rotatable bonds is 6. The first-order valence-electron chi connectivity index (χ1n) is 10.2. The van der Waals surface area contributed by atoms with Crippen LogP contribution in [0.5, 0.6) is 5.75 Å². The molecule has 1 aromatic rings. The SMILES string of the molecule is CN1C[C@@]2(CCN(Cc3cccc(OCCN4CCCCC4)c3)C2)OC1=O. The largest absolute Gasteiger partial charge is 0.492 e. The molecule has 0 unspecified atom stereocenters. The standard InChI is InChI=1S/C21H31N3O3/c1-22-16-21(27-20(22)25)8-11-24(17-21)15-18-6-5-7-19(14-18)26-13-12-23-9-3-2-4-10-23/h5-7,14H,2-4,8-13,15-17H2,1H3/t21-/m1/s1. The third-order valence-corrected chi connectivity index (χ3v) is 5.97. The summed E-state index contributed by atoms with van der Waals surface area (Å²) in [6, 6.07) is 8.41. The number of ether oxygens (including phenoxy) is 2. The minimum absolute atomic E-state index is 0.194. The molecule has 148 valence electrons. The van der Waals surface area contributed by atoms with Crippen LogP contribution in [-0.2, 0) is 11.3 Å². The van der Waals surface area contributed by atoms with Crippen LogP contribution in [0.25, 0.3) is 0 Å². The van der Waals surface area contributed by atoms with E-state index in [2.05, 4.69) is 28.0 Å². The Kier molecular flexibility index (Phi) is 5.55. The monoisotopic (exact) mass is 373 g/mol. The van der Waals surface area contributed by atoms with Crippen LogP contribution in [0.3, 0.4) is 0 Å². The summed E-state index contributed by atoms with van der Waals surface area (Å²) in [4.78, 5) is 18.3. The van der Waals surface area contributed by atoms with Gasteiger partial charge in [0.25, 0.3) is 0 Å². The van der Waals surface area contributed by atoms with Gasteiger partial charge in [0.05, 0.1) is 6.54 Å². The number of nitrogens with zero attached hydrogens (tertiary/aromatic N) is 3. The van der Waals surface area contributed by atoms with Crippen LogP contribution in [0, 0.1) is 0 Å². The first-order valence-corrected chi connectivity index (χ1v) is 10.2. The summed E-state index contributed by atoms with van der Waals surface area (Å²) in [6.07, 6.45) is 4.72. The fourth-order valence-electron chi connectivity index (χ4n) is 4.53. The van der Waals surface area contributed by atoms with Gasteiger partial charge in [-0.3, -0.25) is 9.80 Å². The molecule has 1 aromatic carbocycles. The van der Waals surface area contributed by atoms with Crippen molar-refractivity contribution in [3.8, 4) is 5.75 Å². The van der Waals surface area contributed by atoms with Gasteiger partial charge in [-0.15, -0.1) is 0 Å². The van der Waals surface area contributed by atoms with Gasteiger partial charge >= 0.3 is 6.09 Å². The lowest BCUT2D eigenvalue weighted by Gasteiger charge is -2.26. The van der Waals surface area contributed by atoms with Crippen molar-refractivity contribution in [2.45, 2.75) is 37.8 Å². The summed E-state index contributed by atoms with van der Waals surface area (Å²) < 4.78 is 11.6. The number of carbonyl (C=O) groups is 1. The normalized spacial score (nSPS) is 26.7. The highest BCUT2D eigenvalue weighted by molar-refractivity contribution is 5.70. The van der Waals surface area contributed by atoms with E-state index in [0.717, 1.165) is 45.0 Å². The Balaban J connectivity index is 1.26. The summed E-state index contributed by atoms with van der Waals surface area (Å²) in [7, 11) is 1.81. The second-order valence-electron chi connectivity index (χ2n) is 8.27. The van der Waals surface area contributed by atoms with E-state index >= 15 is 0 Å². The zero-order valence-electron chi connectivity index (χ0n) is 16.4. The number of amides is 1. The number of hydrogen-bond donors (Lipinski definition) is 0. The topological polar surface area (TPSA) is 45.2 Å². The van der Waals surface area contributed by atoms with Gasteiger partial charge in [-0.05, 0) is 43.6 Å². The maximum atomic E-state index is 11.7. The van der Waals surface area contributed by atoms with E-state index in [1.54, 1.807) is 4.90 Å². The van der Waals surface area contributed by atoms with Gasteiger partial charge in [-0.2, -0.15) is 0 Å². The maximum absolute atomic E-state index is 11.7. The molecular weight excluding hydrogens is 342 g/mol. The zero-order valence-corrected chi connectivity index (χ0v) is 16.4. The highest BCUT2D eigenvalue weighted by Crippen LogP contribution is 2.32. The summed E-state index contributed by atoms with van der Waals surface area (Å²) in [5.41, 5.74) is 0.939. The Hall–Kier alpha value is -1.79. The van der Waals surface area contributed by atoms with Gasteiger partial charge in [0.2, 0.25) is 0 Å². The van der Waals surface area contributed by atoms with Crippen LogP contribution in [0.2, 0.25) is 0 Å². The molecule has 0 aliphatic carbocycles. The number of likely N-dealkylation sites (N-methyl/N-ethyl adjacent to an activating group) is 1. The van der Waals surface area contributed by atoms with Gasteiger partial charge in [0.1, 0.15) is 18.0 Å². The Morgan fingerprint density at radius 3 is 2.74 bits per heavy atom. The van der Waals surface area contributed by atoms with Crippen molar-refractivity contribution in [2.75, 3.05) is 52.9 Å². The number of hydrogen-bond acceptors (Lipinski definition) is 5. The lowest BCUT2D eigenvalue weighted by atomic mass is 10.0. The van der Waals surface area contributed by atoms with Crippen LogP contribution in [0.1, 0.15) is 31.2 Å². The Bertz CT molecular complexity index is 662. The average Bonchev–Trinajstić information content (AvgIpc) is 3.17. The van der Waals surface area contributed by atoms with Gasteiger partial charge in [0, 0.05) is 39.6 Å². The number of carbonyl (C=O) groups excluding carboxylic acids is 1. The number of piperidine rings is 1. The molecule has 0 bridgehead atoms. The van der Waals surface area contributed by atoms with Crippen LogP contribution < -0.4 is 4.74 Å². The highest BCUT2D eigenvalue weighted by atomic mass is 16.6. The average molecular weight is 373 g/mol. The molecule has 1 amide bonds. The van der Waals surface area contributed by atoms with E-state index < -0.39 is 0 Å². The van der Waals surface area contributed by atoms with Crippen molar-refractivity contribution in [3.05, 3.63) is 29.8 Å². The molecular formula is C21H31N3O3. The molecule has 4 rings (SSSR count). The molecule has 1 atom stereocenters. The second-order valence-corrected chi connectivity index (χ2v) is 8.27. The minimum Gasteiger partial charge on any atom is -0.492 e. The molecule has 0 N–H and O–H groups in total. The third-order valence-electron chi connectivity index (χ3n) is 5.97. The molecule has 6 heteroatoms. The molecule has 3 fully saturated rings. The lowest BCUT2D eigenvalue weighted by Crippen LogP contribution is -2.37. The van der Waals surface area contributed by atoms with Gasteiger partial charge < -0.3 is 14.4 Å². The van der Waals surface area contributed by atoms with Crippen LogP contribution in [0.4, 0.5) is 4.79 Å². The van der Waals surface area contributed by atoms with Gasteiger partial charge in [0.15, 0.2) is 0 Å². The minimum atomic E-state index is -0.311. The molecule has 3 aliphatic rings. The van der Waals surface area contributed by atoms with Crippen LogP contribution >= 0.6 is 0 Å². The Labute approximate surface area is 162 Å². The van der Waals surface area contributed by atoms with Crippen molar-refractivity contribution in [3.63, 3.8) is 0 Å². The second kappa shape index (κ2) is 8.07. The molecule has 0 aromatic heterocycles. The van der Waals surface area contributed by atoms with E-state index in [4.69, 9.17) is 9.47 Å². The van der Waals surface area contributed by atoms with Crippen molar-refractivity contribution in [2.24, 2.45) is 0 Å². The smallest absolute Gasteiger partial charge is 0.410 e. The maximum Gasteiger partial charge on any atom is 0.410 e. The molecule has 3 heterocycles. The van der Waals surface area contributed by atoms with Crippen LogP contribution in [-0.4, -0.2) is 79.3 Å². The van der Waals surface area contributed by atoms with Crippen molar-refractivity contribution < 1.29 is 14.3 Å². The molecule has 1 spiro atoms. The fourth-order valence-corrected chi connectivity index (χ4v) is 4.53. The van der Waals surface area contributed by atoms with E-state index in [-0.39, 0.29) is 11.7 Å². The Morgan fingerprint density at radius 1 is 1.11 bits per heavy atom. The quantitative estimate of drug-likeness (QED) is 0.767. The lowest BCUT2D eigenvalue weighted by molar-refractivity contribution is 0.0627. The summed E-state index contributed by atoms with van der Waals surface area (Å²) in [5.74, 6) is 0.949. The van der Waals surface area contributed by atoms with E-state index in [1.165, 1.54) is 37.9 Å². The van der Waals surface area contributed by atoms with Crippen molar-refractivity contribution in [1.82, 2.24) is 14.7 Å². The molecule has 27 heavy (non-hydrogen) atoms. The highest BCUT2D eigenvalue weighted by Gasteiger charge is 2.48. The summed E-state index contributed by atoms with van der Waals surface area (Å²) in [5, 5.41) is 0. The predicted molar refractivity (Wildman–Crippen MR) is 104 cm³/mol. The number of likely N-dealkylation sites (tertiary alicyclic amines) is 2. The van der Waals surface area contributed by atoms with E-state index in [1.807, 2.05) is 13.1 Å². The number of benzene rings is 1.